The third-order valence-corrected chi connectivity index (χ3v) is 7.04. The van der Waals surface area contributed by atoms with E-state index in [4.69, 9.17) is 28.1 Å². The third-order valence-electron chi connectivity index (χ3n) is 7.04. The van der Waals surface area contributed by atoms with E-state index >= 15 is 0 Å². The van der Waals surface area contributed by atoms with Gasteiger partial charge in [-0.2, -0.15) is 0 Å². The van der Waals surface area contributed by atoms with Crippen molar-refractivity contribution in [1.82, 2.24) is 0 Å². The van der Waals surface area contributed by atoms with Crippen molar-refractivity contribution < 1.29 is 43.1 Å². The molecule has 1 aromatic rings. The number of carbonyl (C=O) groups excluding carboxylic acids is 1. The number of rotatable bonds is 9. The second kappa shape index (κ2) is 10.9. The maximum atomic E-state index is 11.8. The zero-order valence-electron chi connectivity index (χ0n) is 21.7. The Morgan fingerprint density at radius 1 is 1.22 bits per heavy atom. The Morgan fingerprint density at radius 2 is 1.92 bits per heavy atom. The molecule has 10 heteroatoms. The van der Waals surface area contributed by atoms with E-state index in [0.29, 0.717) is 23.5 Å². The number of hydrogen-bond donors (Lipinski definition) is 2. The van der Waals surface area contributed by atoms with Gasteiger partial charge in [0.1, 0.15) is 47.1 Å². The zero-order valence-corrected chi connectivity index (χ0v) is 21.7. The molecule has 0 saturated carbocycles. The van der Waals surface area contributed by atoms with Crippen molar-refractivity contribution in [2.24, 2.45) is 0 Å². The summed E-state index contributed by atoms with van der Waals surface area (Å²) in [4.78, 5) is 23.5. The van der Waals surface area contributed by atoms with Crippen molar-refractivity contribution in [3.05, 3.63) is 46.0 Å². The summed E-state index contributed by atoms with van der Waals surface area (Å²) >= 11 is 0. The molecule has 2 aliphatic rings. The predicted octanol–water partition coefficient (Wildman–Crippen LogP) is 1.92. The lowest BCUT2D eigenvalue weighted by atomic mass is 9.76. The molecule has 2 N–H and O–H groups in total. The number of carbonyl (C=O) groups is 1. The molecule has 0 radical (unpaired) electrons. The average Bonchev–Trinajstić information content (AvgIpc) is 2.99. The molecule has 3 heterocycles. The highest BCUT2D eigenvalue weighted by molar-refractivity contribution is 5.66. The lowest BCUT2D eigenvalue weighted by Crippen LogP contribution is -2.69. The molecule has 36 heavy (non-hydrogen) atoms. The fourth-order valence-corrected chi connectivity index (χ4v) is 5.17. The smallest absolute Gasteiger partial charge is 0.339 e. The Hall–Kier alpha value is -2.50. The van der Waals surface area contributed by atoms with Crippen molar-refractivity contribution in [2.75, 3.05) is 14.2 Å². The van der Waals surface area contributed by atoms with Gasteiger partial charge < -0.3 is 38.3 Å². The van der Waals surface area contributed by atoms with Gasteiger partial charge >= 0.3 is 11.6 Å². The van der Waals surface area contributed by atoms with Gasteiger partial charge in [-0.05, 0) is 33.3 Å². The van der Waals surface area contributed by atoms with E-state index in [1.54, 1.807) is 45.1 Å². The van der Waals surface area contributed by atoms with Crippen LogP contribution in [0.15, 0.2) is 33.5 Å². The fourth-order valence-electron chi connectivity index (χ4n) is 5.17. The standard InChI is InChI=1S/C26H36O10/c1-8-19-25(4)24(33-15(3)27)26(5,35-19)23(30)22(36-25)21(29)17(31-6)12-10-9-11-16-14(2)18(32-7)13-20(28)34-16/h9-13,17,19,21-24,29-30H,8H2,1-7H3/b11-9+,12-10+/t17?,19-,21?,22+,23+,24-,25+,26-/m1/s1. The Morgan fingerprint density at radius 3 is 2.50 bits per heavy atom. The SMILES string of the molecule is CC[C@H]1O[C@@]2(C)[C@H](OC(C)=O)[C@@]1(C)O[C@@H](C(O)C(/C=C/C=C/c1oc(=O)cc(OC)c1C)OC)[C@@H]2O. The zero-order chi connectivity index (χ0) is 26.8. The van der Waals surface area contributed by atoms with Crippen LogP contribution in [0.3, 0.4) is 0 Å². The molecule has 10 nitrogen and oxygen atoms in total. The van der Waals surface area contributed by atoms with Crippen LogP contribution in [0.2, 0.25) is 0 Å². The van der Waals surface area contributed by atoms with Crippen LogP contribution in [-0.4, -0.2) is 78.2 Å². The summed E-state index contributed by atoms with van der Waals surface area (Å²) in [6.07, 6.45) is 1.14. The first-order valence-corrected chi connectivity index (χ1v) is 11.9. The molecule has 2 bridgehead atoms. The summed E-state index contributed by atoms with van der Waals surface area (Å²) < 4.78 is 33.8. The monoisotopic (exact) mass is 508 g/mol. The number of hydrogen-bond acceptors (Lipinski definition) is 10. The van der Waals surface area contributed by atoms with Crippen LogP contribution in [0, 0.1) is 6.92 Å². The second-order valence-corrected chi connectivity index (χ2v) is 9.46. The summed E-state index contributed by atoms with van der Waals surface area (Å²) in [6.45, 7) is 8.38. The van der Waals surface area contributed by atoms with E-state index in [0.717, 1.165) is 0 Å². The summed E-state index contributed by atoms with van der Waals surface area (Å²) in [5, 5.41) is 22.4. The lowest BCUT2D eigenvalue weighted by molar-refractivity contribution is -0.269. The van der Waals surface area contributed by atoms with Crippen LogP contribution < -0.4 is 10.4 Å². The number of ether oxygens (including phenoxy) is 5. The van der Waals surface area contributed by atoms with Gasteiger partial charge in [-0.1, -0.05) is 25.2 Å². The van der Waals surface area contributed by atoms with Crippen LogP contribution >= 0.6 is 0 Å². The van der Waals surface area contributed by atoms with Crippen molar-refractivity contribution in [1.29, 1.82) is 0 Å². The first-order valence-electron chi connectivity index (χ1n) is 11.9. The minimum Gasteiger partial charge on any atom is -0.496 e. The summed E-state index contributed by atoms with van der Waals surface area (Å²) in [7, 11) is 2.89. The molecule has 2 aliphatic heterocycles. The largest absolute Gasteiger partial charge is 0.496 e. The van der Waals surface area contributed by atoms with Gasteiger partial charge in [0.15, 0.2) is 6.10 Å². The normalized spacial score (nSPS) is 33.7. The van der Waals surface area contributed by atoms with E-state index < -0.39 is 59.4 Å². The molecule has 0 aromatic carbocycles. The van der Waals surface area contributed by atoms with Gasteiger partial charge in [0.2, 0.25) is 0 Å². The van der Waals surface area contributed by atoms with Gasteiger partial charge in [0.05, 0.1) is 19.3 Å². The van der Waals surface area contributed by atoms with E-state index in [2.05, 4.69) is 0 Å². The maximum Gasteiger partial charge on any atom is 0.339 e. The minimum absolute atomic E-state index is 0.334. The molecule has 200 valence electrons. The van der Waals surface area contributed by atoms with Gasteiger partial charge in [-0.15, -0.1) is 0 Å². The quantitative estimate of drug-likeness (QED) is 0.376. The molecule has 2 unspecified atom stereocenters. The summed E-state index contributed by atoms with van der Waals surface area (Å²) in [5.41, 5.74) is -2.24. The minimum atomic E-state index is -1.31. The molecule has 8 atom stereocenters. The topological polar surface area (TPSA) is 134 Å². The van der Waals surface area contributed by atoms with Crippen LogP contribution in [0.25, 0.3) is 6.08 Å². The lowest BCUT2D eigenvalue weighted by Gasteiger charge is -2.49. The molecular weight excluding hydrogens is 472 g/mol. The molecule has 1 aromatic heterocycles. The highest BCUT2D eigenvalue weighted by atomic mass is 16.7. The van der Waals surface area contributed by atoms with E-state index in [-0.39, 0.29) is 0 Å². The number of aliphatic hydroxyl groups excluding tert-OH is 2. The van der Waals surface area contributed by atoms with E-state index in [1.807, 2.05) is 6.92 Å². The maximum absolute atomic E-state index is 11.8. The third kappa shape index (κ3) is 5.01. The predicted molar refractivity (Wildman–Crippen MR) is 130 cm³/mol. The number of fused-ring (bicyclic) bond motifs is 2. The molecule has 3 rings (SSSR count). The molecule has 2 saturated heterocycles. The van der Waals surface area contributed by atoms with Crippen molar-refractivity contribution in [3.8, 4) is 5.75 Å². The first-order chi connectivity index (χ1) is 16.9. The Balaban J connectivity index is 1.81. The number of methoxy groups -OCH3 is 2. The van der Waals surface area contributed by atoms with Gasteiger partial charge in [0.25, 0.3) is 0 Å². The molecule has 2 fully saturated rings. The van der Waals surface area contributed by atoms with Gasteiger partial charge in [-0.25, -0.2) is 4.79 Å². The second-order valence-electron chi connectivity index (χ2n) is 9.46. The van der Waals surface area contributed by atoms with Gasteiger partial charge in [0, 0.05) is 19.6 Å². The van der Waals surface area contributed by atoms with Crippen LogP contribution in [-0.2, 0) is 23.7 Å². The van der Waals surface area contributed by atoms with Gasteiger partial charge in [-0.3, -0.25) is 4.79 Å². The highest BCUT2D eigenvalue weighted by Gasteiger charge is 2.71. The Bertz CT molecular complexity index is 1060. The average molecular weight is 509 g/mol. The van der Waals surface area contributed by atoms with Crippen molar-refractivity contribution in [2.45, 2.75) is 88.9 Å². The van der Waals surface area contributed by atoms with E-state index in [1.165, 1.54) is 27.2 Å². The van der Waals surface area contributed by atoms with Crippen molar-refractivity contribution >= 4 is 12.0 Å². The Kier molecular flexibility index (Phi) is 8.47. The highest BCUT2D eigenvalue weighted by Crippen LogP contribution is 2.51. The molecule has 0 spiro atoms. The number of esters is 1. The first kappa shape index (κ1) is 28.1. The molecule has 0 amide bonds. The van der Waals surface area contributed by atoms with Crippen LogP contribution in [0.5, 0.6) is 5.75 Å². The number of aliphatic hydroxyl groups is 2. The molecular formula is C26H36O10. The number of allylic oxidation sites excluding steroid dienone is 2. The van der Waals surface area contributed by atoms with Crippen molar-refractivity contribution in [3.63, 3.8) is 0 Å². The fraction of sp³-hybridized carbons (Fsp3) is 0.615. The summed E-state index contributed by atoms with van der Waals surface area (Å²) in [6, 6.07) is 1.27. The van der Waals surface area contributed by atoms with E-state index in [9.17, 15) is 19.8 Å². The Labute approximate surface area is 210 Å². The van der Waals surface area contributed by atoms with Crippen LogP contribution in [0.4, 0.5) is 0 Å². The summed E-state index contributed by atoms with van der Waals surface area (Å²) in [5.74, 6) is 0.236. The van der Waals surface area contributed by atoms with Crippen LogP contribution in [0.1, 0.15) is 45.4 Å². The molecule has 0 aliphatic carbocycles.